The minimum atomic E-state index is -3.69. The fourth-order valence-corrected chi connectivity index (χ4v) is 5.39. The summed E-state index contributed by atoms with van der Waals surface area (Å²) in [6, 6.07) is 9.47. The number of carbonyl (C=O) groups excluding carboxylic acids is 2. The van der Waals surface area contributed by atoms with Gasteiger partial charge in [-0.3, -0.25) is 9.59 Å². The van der Waals surface area contributed by atoms with E-state index in [1.54, 1.807) is 24.4 Å². The largest absolute Gasteiger partial charge is 0.332 e. The molecule has 0 saturated carbocycles. The van der Waals surface area contributed by atoms with Crippen molar-refractivity contribution in [3.63, 3.8) is 0 Å². The van der Waals surface area contributed by atoms with E-state index < -0.39 is 15.9 Å². The average molecular weight is 445 g/mol. The number of hydrogen-bond donors (Lipinski definition) is 1. The minimum Gasteiger partial charge on any atom is -0.332 e. The zero-order chi connectivity index (χ0) is 22.6. The van der Waals surface area contributed by atoms with Gasteiger partial charge in [-0.15, -0.1) is 0 Å². The van der Waals surface area contributed by atoms with Gasteiger partial charge in [0.25, 0.3) is 5.91 Å². The standard InChI is InChI=1S/C22H28N4O4S/c1-16-10-11-23-20(13-16)24-21(27)15-25(3)22(28)18-8-6-9-19(14-18)31(29,30)26-12-5-4-7-17(26)2/h6,8-11,13-14,17H,4-5,7,12,15H2,1-3H3,(H,23,24,27). The number of pyridine rings is 1. The number of aromatic nitrogens is 1. The summed E-state index contributed by atoms with van der Waals surface area (Å²) in [6.45, 7) is 4.09. The molecule has 0 spiro atoms. The molecule has 2 heterocycles. The Morgan fingerprint density at radius 2 is 2.00 bits per heavy atom. The number of sulfonamides is 1. The van der Waals surface area contributed by atoms with E-state index in [0.29, 0.717) is 12.4 Å². The zero-order valence-electron chi connectivity index (χ0n) is 18.0. The second-order valence-corrected chi connectivity index (χ2v) is 9.81. The highest BCUT2D eigenvalue weighted by Crippen LogP contribution is 2.25. The molecule has 1 unspecified atom stereocenters. The Morgan fingerprint density at radius 1 is 1.23 bits per heavy atom. The highest BCUT2D eigenvalue weighted by molar-refractivity contribution is 7.89. The van der Waals surface area contributed by atoms with Gasteiger partial charge in [-0.25, -0.2) is 13.4 Å². The average Bonchev–Trinajstić information content (AvgIpc) is 2.73. The van der Waals surface area contributed by atoms with Crippen LogP contribution in [0.3, 0.4) is 0 Å². The van der Waals surface area contributed by atoms with Crippen LogP contribution < -0.4 is 5.32 Å². The molecule has 8 nitrogen and oxygen atoms in total. The molecule has 3 rings (SSSR count). The number of amides is 2. The first-order chi connectivity index (χ1) is 14.7. The maximum Gasteiger partial charge on any atom is 0.254 e. The number of aryl methyl sites for hydroxylation is 1. The third-order valence-corrected chi connectivity index (χ3v) is 7.35. The van der Waals surface area contributed by atoms with Crippen molar-refractivity contribution in [1.29, 1.82) is 0 Å². The highest BCUT2D eigenvalue weighted by atomic mass is 32.2. The summed E-state index contributed by atoms with van der Waals surface area (Å²) in [5.74, 6) is -0.412. The lowest BCUT2D eigenvalue weighted by Gasteiger charge is -2.32. The zero-order valence-corrected chi connectivity index (χ0v) is 18.9. The van der Waals surface area contributed by atoms with Crippen molar-refractivity contribution in [2.45, 2.75) is 44.0 Å². The Hall–Kier alpha value is -2.78. The van der Waals surface area contributed by atoms with Gasteiger partial charge in [0, 0.05) is 31.4 Å². The molecule has 2 aromatic rings. The van der Waals surface area contributed by atoms with Crippen molar-refractivity contribution in [3.8, 4) is 0 Å². The lowest BCUT2D eigenvalue weighted by molar-refractivity contribution is -0.116. The van der Waals surface area contributed by atoms with E-state index in [-0.39, 0.29) is 29.0 Å². The molecule has 166 valence electrons. The SMILES string of the molecule is Cc1ccnc(NC(=O)CN(C)C(=O)c2cccc(S(=O)(=O)N3CCCCC3C)c2)c1. The smallest absolute Gasteiger partial charge is 0.254 e. The number of anilines is 1. The van der Waals surface area contributed by atoms with Crippen LogP contribution in [0.5, 0.6) is 0 Å². The lowest BCUT2D eigenvalue weighted by atomic mass is 10.1. The van der Waals surface area contributed by atoms with Gasteiger partial charge < -0.3 is 10.2 Å². The molecule has 2 amide bonds. The molecular formula is C22H28N4O4S. The quantitative estimate of drug-likeness (QED) is 0.738. The summed E-state index contributed by atoms with van der Waals surface area (Å²) in [5, 5.41) is 2.66. The van der Waals surface area contributed by atoms with Crippen molar-refractivity contribution in [2.75, 3.05) is 25.5 Å². The summed E-state index contributed by atoms with van der Waals surface area (Å²) in [4.78, 5) is 30.5. The topological polar surface area (TPSA) is 99.7 Å². The second-order valence-electron chi connectivity index (χ2n) is 7.92. The normalized spacial score (nSPS) is 17.2. The van der Waals surface area contributed by atoms with Crippen molar-refractivity contribution < 1.29 is 18.0 Å². The van der Waals surface area contributed by atoms with E-state index in [2.05, 4.69) is 10.3 Å². The summed E-state index contributed by atoms with van der Waals surface area (Å²) in [7, 11) is -2.19. The Kier molecular flexibility index (Phi) is 7.07. The first-order valence-electron chi connectivity index (χ1n) is 10.3. The van der Waals surface area contributed by atoms with Crippen molar-refractivity contribution in [2.24, 2.45) is 0 Å². The molecule has 1 N–H and O–H groups in total. The van der Waals surface area contributed by atoms with Crippen molar-refractivity contribution in [1.82, 2.24) is 14.2 Å². The Morgan fingerprint density at radius 3 is 2.71 bits per heavy atom. The van der Waals surface area contributed by atoms with Gasteiger partial charge in [-0.05, 0) is 62.6 Å². The number of nitrogens with one attached hydrogen (secondary N) is 1. The summed E-state index contributed by atoms with van der Waals surface area (Å²) >= 11 is 0. The predicted molar refractivity (Wildman–Crippen MR) is 118 cm³/mol. The molecule has 1 aromatic heterocycles. The van der Waals surface area contributed by atoms with Gasteiger partial charge in [0.15, 0.2) is 0 Å². The van der Waals surface area contributed by atoms with E-state index in [9.17, 15) is 18.0 Å². The molecule has 1 aromatic carbocycles. The number of piperidine rings is 1. The van der Waals surface area contributed by atoms with Crippen LogP contribution in [-0.2, 0) is 14.8 Å². The van der Waals surface area contributed by atoms with Crippen LogP contribution in [0.1, 0.15) is 42.1 Å². The summed E-state index contributed by atoms with van der Waals surface area (Å²) in [6.07, 6.45) is 4.26. The van der Waals surface area contributed by atoms with Crippen LogP contribution in [0.15, 0.2) is 47.5 Å². The van der Waals surface area contributed by atoms with Gasteiger partial charge >= 0.3 is 0 Å². The monoisotopic (exact) mass is 444 g/mol. The van der Waals surface area contributed by atoms with E-state index in [1.165, 1.54) is 28.4 Å². The summed E-state index contributed by atoms with van der Waals surface area (Å²) in [5.41, 5.74) is 1.17. The maximum atomic E-state index is 13.1. The van der Waals surface area contributed by atoms with E-state index >= 15 is 0 Å². The van der Waals surface area contributed by atoms with Crippen LogP contribution in [0.4, 0.5) is 5.82 Å². The molecule has 1 saturated heterocycles. The van der Waals surface area contributed by atoms with E-state index in [1.807, 2.05) is 19.9 Å². The highest BCUT2D eigenvalue weighted by Gasteiger charge is 2.31. The molecule has 1 aliphatic rings. The number of benzene rings is 1. The molecular weight excluding hydrogens is 416 g/mol. The van der Waals surface area contributed by atoms with Gasteiger partial charge in [-0.1, -0.05) is 12.5 Å². The molecule has 0 radical (unpaired) electrons. The third-order valence-electron chi connectivity index (χ3n) is 5.34. The van der Waals surface area contributed by atoms with Crippen molar-refractivity contribution in [3.05, 3.63) is 53.7 Å². The van der Waals surface area contributed by atoms with Gasteiger partial charge in [0.2, 0.25) is 15.9 Å². The van der Waals surface area contributed by atoms with Crippen LogP contribution >= 0.6 is 0 Å². The molecule has 0 bridgehead atoms. The van der Waals surface area contributed by atoms with Gasteiger partial charge in [0.05, 0.1) is 11.4 Å². The molecule has 1 fully saturated rings. The number of rotatable bonds is 6. The number of carbonyl (C=O) groups is 2. The van der Waals surface area contributed by atoms with E-state index in [4.69, 9.17) is 0 Å². The number of nitrogens with zero attached hydrogens (tertiary/aromatic N) is 3. The minimum absolute atomic E-state index is 0.0697. The number of hydrogen-bond acceptors (Lipinski definition) is 5. The van der Waals surface area contributed by atoms with Crippen LogP contribution in [0.25, 0.3) is 0 Å². The molecule has 31 heavy (non-hydrogen) atoms. The Bertz CT molecular complexity index is 1070. The lowest BCUT2D eigenvalue weighted by Crippen LogP contribution is -2.42. The van der Waals surface area contributed by atoms with Crippen molar-refractivity contribution >= 4 is 27.7 Å². The van der Waals surface area contributed by atoms with E-state index in [0.717, 1.165) is 24.8 Å². The third kappa shape index (κ3) is 5.48. The maximum absolute atomic E-state index is 13.1. The van der Waals surface area contributed by atoms with Gasteiger partial charge in [-0.2, -0.15) is 4.31 Å². The summed E-state index contributed by atoms with van der Waals surface area (Å²) < 4.78 is 27.7. The fourth-order valence-electron chi connectivity index (χ4n) is 3.65. The molecule has 1 atom stereocenters. The molecule has 9 heteroatoms. The second kappa shape index (κ2) is 9.57. The Balaban J connectivity index is 1.71. The molecule has 1 aliphatic heterocycles. The first-order valence-corrected chi connectivity index (χ1v) is 11.7. The first kappa shape index (κ1) is 22.9. The van der Waals surface area contributed by atoms with Crippen LogP contribution in [0.2, 0.25) is 0 Å². The van der Waals surface area contributed by atoms with Gasteiger partial charge in [0.1, 0.15) is 5.82 Å². The fraction of sp³-hybridized carbons (Fsp3) is 0.409. The van der Waals surface area contributed by atoms with Crippen LogP contribution in [-0.4, -0.2) is 60.6 Å². The predicted octanol–water partition coefficient (Wildman–Crippen LogP) is 2.66. The van der Waals surface area contributed by atoms with Crippen LogP contribution in [0, 0.1) is 6.92 Å². The Labute approximate surface area is 183 Å². The molecule has 0 aliphatic carbocycles. The number of likely N-dealkylation sites (N-methyl/N-ethyl adjacent to an activating group) is 1.